The Hall–Kier alpha value is -7.30. The van der Waals surface area contributed by atoms with Crippen LogP contribution in [0.4, 0.5) is 11.6 Å². The van der Waals surface area contributed by atoms with Crippen molar-refractivity contribution in [2.75, 3.05) is 37.6 Å². The number of hydrogen-bond donors (Lipinski definition) is 2. The molecule has 0 unspecified atom stereocenters. The standard InChI is InChI=1S/C25H24N6O2.C14H18N6O.C12H9O.Y/c1-2-21(32)30-14-6-7-18(15-30)31-25-22(24(26)27-16-28-25)23(29-31)17-10-12-20(13-11-17)33-19-8-4-3-5-9-19;1-3-11(21)19-6-4-5-10(7-19)20-14-12(9(2)18-20)13(15)16-8-17-14;1-3-7-11(8-4-1)13-12-9-5-2-6-10-12;/h2-5,8-13,16,18H,1,6-7,14-15H2,(H2,26,27,28);3,8,10H,1,4-7H2,2H3,(H2,15,16,17);1,3-10H;/q;;-1;/t18-;10-;;/m11../s1. The van der Waals surface area contributed by atoms with E-state index in [9.17, 15) is 9.59 Å². The molecule has 2 atom stereocenters. The summed E-state index contributed by atoms with van der Waals surface area (Å²) in [6.45, 7) is 11.7. The Labute approximate surface area is 419 Å². The van der Waals surface area contributed by atoms with E-state index in [0.29, 0.717) is 48.0 Å². The monoisotopic (exact) mass is 984 g/mol. The maximum Gasteiger partial charge on any atom is 0.246 e. The second-order valence-corrected chi connectivity index (χ2v) is 15.9. The number of fused-ring (bicyclic) bond motifs is 2. The molecule has 343 valence electrons. The summed E-state index contributed by atoms with van der Waals surface area (Å²) in [5, 5.41) is 11.0. The zero-order valence-electron chi connectivity index (χ0n) is 37.8. The molecule has 4 aromatic heterocycles. The number of carbonyl (C=O) groups excluding carboxylic acids is 2. The molecule has 2 saturated heterocycles. The van der Waals surface area contributed by atoms with E-state index in [2.05, 4.69) is 44.3 Å². The zero-order chi connectivity index (χ0) is 46.7. The van der Waals surface area contributed by atoms with Crippen molar-refractivity contribution in [2.45, 2.75) is 44.7 Å². The van der Waals surface area contributed by atoms with Crippen LogP contribution in [0, 0.1) is 13.0 Å². The summed E-state index contributed by atoms with van der Waals surface area (Å²) in [6.07, 6.45) is 9.28. The first-order chi connectivity index (χ1) is 32.7. The number of nitrogens with two attached hydrogens (primary N) is 2. The summed E-state index contributed by atoms with van der Waals surface area (Å²) >= 11 is 0. The van der Waals surface area contributed by atoms with Crippen LogP contribution < -0.4 is 20.9 Å². The summed E-state index contributed by atoms with van der Waals surface area (Å²) in [7, 11) is 0. The minimum Gasteiger partial charge on any atom is -0.483 e. The summed E-state index contributed by atoms with van der Waals surface area (Å²) in [5.41, 5.74) is 16.0. The van der Waals surface area contributed by atoms with Gasteiger partial charge >= 0.3 is 0 Å². The molecule has 2 aliphatic rings. The Morgan fingerprint density at radius 2 is 1.09 bits per heavy atom. The van der Waals surface area contributed by atoms with Crippen LogP contribution in [0.15, 0.2) is 147 Å². The minimum absolute atomic E-state index is 0. The number of nitrogen functional groups attached to an aromatic ring is 2. The van der Waals surface area contributed by atoms with Gasteiger partial charge in [-0.3, -0.25) is 9.59 Å². The summed E-state index contributed by atoms with van der Waals surface area (Å²) in [6, 6.07) is 37.5. The van der Waals surface area contributed by atoms with Crippen LogP contribution in [0.3, 0.4) is 0 Å². The SMILES string of the molecule is C=CC(=O)N1CCC[C@@H](n2nc(-c3ccc(Oc4ccccc4)cc3)c3c(N)ncnc32)C1.C=CC(=O)N1CCC[C@@H](n2nc(C)c3c(N)ncnc32)C1.[Y].[c-]1ccc(Oc2ccccc2)cc1. The number of aromatic nitrogens is 8. The Morgan fingerprint density at radius 3 is 1.60 bits per heavy atom. The molecule has 2 aliphatic heterocycles. The quantitative estimate of drug-likeness (QED) is 0.103. The van der Waals surface area contributed by atoms with Crippen LogP contribution in [0.1, 0.15) is 43.5 Å². The van der Waals surface area contributed by atoms with Crippen LogP contribution in [0.25, 0.3) is 33.3 Å². The molecule has 4 aromatic carbocycles. The molecule has 2 amide bonds. The molecule has 0 bridgehead atoms. The molecule has 2 fully saturated rings. The van der Waals surface area contributed by atoms with E-state index in [1.165, 1.54) is 24.8 Å². The van der Waals surface area contributed by atoms with Gasteiger partial charge in [0, 0.05) is 70.2 Å². The average Bonchev–Trinajstić information content (AvgIpc) is 3.94. The number of amides is 2. The summed E-state index contributed by atoms with van der Waals surface area (Å²) in [5.74, 6) is 3.90. The van der Waals surface area contributed by atoms with E-state index in [4.69, 9.17) is 26.0 Å². The van der Waals surface area contributed by atoms with Gasteiger partial charge in [-0.2, -0.15) is 28.4 Å². The molecule has 6 heterocycles. The van der Waals surface area contributed by atoms with E-state index in [1.807, 2.05) is 125 Å². The van der Waals surface area contributed by atoms with Gasteiger partial charge in [-0.05, 0) is 93.3 Å². The second kappa shape index (κ2) is 22.9. The maximum atomic E-state index is 12.2. The number of anilines is 2. The van der Waals surface area contributed by atoms with Crippen LogP contribution in [-0.2, 0) is 42.3 Å². The van der Waals surface area contributed by atoms with Gasteiger partial charge in [-0.1, -0.05) is 49.6 Å². The van der Waals surface area contributed by atoms with Gasteiger partial charge in [0.2, 0.25) is 11.8 Å². The Bertz CT molecular complexity index is 2930. The predicted molar refractivity (Wildman–Crippen MR) is 258 cm³/mol. The third kappa shape index (κ3) is 11.4. The number of ether oxygens (including phenoxy) is 2. The third-order valence-corrected chi connectivity index (χ3v) is 11.4. The Kier molecular flexibility index (Phi) is 16.4. The van der Waals surface area contributed by atoms with E-state index < -0.39 is 0 Å². The van der Waals surface area contributed by atoms with Crippen molar-refractivity contribution in [3.63, 3.8) is 0 Å². The summed E-state index contributed by atoms with van der Waals surface area (Å²) < 4.78 is 15.2. The van der Waals surface area contributed by atoms with Crippen LogP contribution >= 0.6 is 0 Å². The van der Waals surface area contributed by atoms with Gasteiger partial charge < -0.3 is 30.7 Å². The fourth-order valence-corrected chi connectivity index (χ4v) is 8.21. The molecule has 17 heteroatoms. The minimum atomic E-state index is -0.0699. The van der Waals surface area contributed by atoms with Gasteiger partial charge in [0.15, 0.2) is 11.3 Å². The average molecular weight is 985 g/mol. The van der Waals surface area contributed by atoms with Crippen LogP contribution in [0.2, 0.25) is 0 Å². The van der Waals surface area contributed by atoms with Gasteiger partial charge in [-0.25, -0.2) is 29.3 Å². The fraction of sp³-hybridized carbons (Fsp3) is 0.216. The molecule has 1 radical (unpaired) electrons. The van der Waals surface area contributed by atoms with Gasteiger partial charge in [0.05, 0.1) is 28.6 Å². The van der Waals surface area contributed by atoms with E-state index >= 15 is 0 Å². The number of piperidine rings is 2. The Balaban J connectivity index is 0.000000167. The molecule has 0 saturated carbocycles. The zero-order valence-corrected chi connectivity index (χ0v) is 40.6. The van der Waals surface area contributed by atoms with Crippen molar-refractivity contribution in [2.24, 2.45) is 0 Å². The van der Waals surface area contributed by atoms with Crippen LogP contribution in [-0.4, -0.2) is 87.3 Å². The largest absolute Gasteiger partial charge is 0.483 e. The number of hydrogen-bond acceptors (Lipinski definition) is 12. The first kappa shape index (κ1) is 48.6. The Morgan fingerprint density at radius 1 is 0.632 bits per heavy atom. The normalized spacial score (nSPS) is 15.4. The topological polar surface area (TPSA) is 198 Å². The van der Waals surface area contributed by atoms with Crippen molar-refractivity contribution >= 4 is 45.5 Å². The number of aryl methyl sites for hydroxylation is 1. The molecular weight excluding hydrogens is 934 g/mol. The predicted octanol–water partition coefficient (Wildman–Crippen LogP) is 8.56. The molecule has 8 aromatic rings. The van der Waals surface area contributed by atoms with Crippen molar-refractivity contribution in [3.05, 3.63) is 159 Å². The van der Waals surface area contributed by atoms with Gasteiger partial charge in [-0.15, -0.1) is 12.1 Å². The smallest absolute Gasteiger partial charge is 0.246 e. The number of carbonyl (C=O) groups is 2. The van der Waals surface area contributed by atoms with Crippen molar-refractivity contribution in [1.29, 1.82) is 0 Å². The molecule has 16 nitrogen and oxygen atoms in total. The number of nitrogens with zero attached hydrogens (tertiary/aromatic N) is 10. The summed E-state index contributed by atoms with van der Waals surface area (Å²) in [4.78, 5) is 44.6. The first-order valence-corrected chi connectivity index (χ1v) is 22.0. The van der Waals surface area contributed by atoms with E-state index in [0.717, 1.165) is 77.5 Å². The molecule has 10 rings (SSSR count). The van der Waals surface area contributed by atoms with Crippen LogP contribution in [0.5, 0.6) is 23.0 Å². The van der Waals surface area contributed by atoms with Crippen molar-refractivity contribution in [3.8, 4) is 34.3 Å². The van der Waals surface area contributed by atoms with E-state index in [1.54, 1.807) is 9.80 Å². The molecule has 0 spiro atoms. The molecule has 68 heavy (non-hydrogen) atoms. The molecule has 0 aliphatic carbocycles. The number of para-hydroxylation sites is 2. The van der Waals surface area contributed by atoms with E-state index in [-0.39, 0.29) is 56.6 Å². The second-order valence-electron chi connectivity index (χ2n) is 15.9. The molecule has 4 N–H and O–H groups in total. The fourth-order valence-electron chi connectivity index (χ4n) is 8.21. The van der Waals surface area contributed by atoms with Crippen molar-refractivity contribution in [1.82, 2.24) is 49.3 Å². The van der Waals surface area contributed by atoms with Gasteiger partial charge in [0.1, 0.15) is 47.2 Å². The number of likely N-dealkylation sites (tertiary alicyclic amines) is 2. The number of benzene rings is 4. The third-order valence-electron chi connectivity index (χ3n) is 11.4. The number of rotatable bonds is 9. The van der Waals surface area contributed by atoms with Gasteiger partial charge in [0.25, 0.3) is 0 Å². The first-order valence-electron chi connectivity index (χ1n) is 22.0. The molecular formula is C51H51N12O4Y-. The van der Waals surface area contributed by atoms with Crippen molar-refractivity contribution < 1.29 is 51.8 Å². The maximum absolute atomic E-state index is 12.2.